The van der Waals surface area contributed by atoms with Gasteiger partial charge in [0.25, 0.3) is 0 Å². The van der Waals surface area contributed by atoms with Crippen LogP contribution in [-0.4, -0.2) is 53.2 Å². The van der Waals surface area contributed by atoms with Crippen LogP contribution in [0.2, 0.25) is 0 Å². The van der Waals surface area contributed by atoms with Gasteiger partial charge in [-0.3, -0.25) is 0 Å². The van der Waals surface area contributed by atoms with E-state index in [2.05, 4.69) is 13.8 Å². The molecule has 0 radical (unpaired) electrons. The summed E-state index contributed by atoms with van der Waals surface area (Å²) in [5.41, 5.74) is -0.0580. The zero-order valence-corrected chi connectivity index (χ0v) is 22.5. The molecule has 6 nitrogen and oxygen atoms in total. The number of rotatable bonds is 2. The smallest absolute Gasteiger partial charge is 0.540 e. The second-order valence-electron chi connectivity index (χ2n) is 8.01. The van der Waals surface area contributed by atoms with Crippen molar-refractivity contribution < 1.29 is 131 Å². The van der Waals surface area contributed by atoms with Gasteiger partial charge in [0, 0.05) is 50.5 Å². The van der Waals surface area contributed by atoms with Gasteiger partial charge in [-0.25, -0.2) is 11.3 Å². The Kier molecular flexibility index (Phi) is 7.07. The average Bonchev–Trinajstić information content (AvgIpc) is 3.09. The molecule has 1 aromatic rings. The Balaban J connectivity index is 0.000000911. The van der Waals surface area contributed by atoms with E-state index < -0.39 is 13.5 Å². The largest absolute Gasteiger partial charge is 1.00 e. The summed E-state index contributed by atoms with van der Waals surface area (Å²) in [4.78, 5) is 0. The van der Waals surface area contributed by atoms with Gasteiger partial charge < -0.3 is 27.9 Å². The maximum absolute atomic E-state index is 5.96. The second-order valence-corrected chi connectivity index (χ2v) is 9.16. The quantitative estimate of drug-likeness (QED) is 0.448. The molecule has 0 aromatic carbocycles. The molecule has 6 aliphatic rings. The molecular formula is C14H20B2K2O6S. The minimum Gasteiger partial charge on any atom is -0.540 e. The predicted molar refractivity (Wildman–Crippen MR) is 87.0 cm³/mol. The fraction of sp³-hybridized carbons (Fsp3) is 0.714. The molecule has 0 aliphatic carbocycles. The first-order valence-electron chi connectivity index (χ1n) is 8.16. The molecule has 0 saturated carbocycles. The van der Waals surface area contributed by atoms with Crippen LogP contribution in [0.25, 0.3) is 0 Å². The molecule has 0 spiro atoms. The van der Waals surface area contributed by atoms with Crippen molar-refractivity contribution in [3.8, 4) is 0 Å². The molecule has 7 rings (SSSR count). The van der Waals surface area contributed by atoms with Crippen LogP contribution in [-0.2, 0) is 27.9 Å². The molecule has 0 unspecified atom stereocenters. The van der Waals surface area contributed by atoms with Gasteiger partial charge in [-0.2, -0.15) is 0 Å². The van der Waals surface area contributed by atoms with Crippen molar-refractivity contribution >= 4 is 34.4 Å². The molecule has 1 aromatic heterocycles. The maximum atomic E-state index is 5.96. The van der Waals surface area contributed by atoms with Gasteiger partial charge in [0.05, 0.1) is 0 Å². The third-order valence-electron chi connectivity index (χ3n) is 5.25. The number of fused-ring (bicyclic) bond motifs is 6. The number of thiophene rings is 1. The summed E-state index contributed by atoms with van der Waals surface area (Å²) in [5, 5.41) is 0. The first-order valence-corrected chi connectivity index (χ1v) is 8.98. The Bertz CT molecular complexity index is 557. The van der Waals surface area contributed by atoms with E-state index in [1.165, 1.54) is 0 Å². The summed E-state index contributed by atoms with van der Waals surface area (Å²) in [6.45, 7) is 4.57. The molecule has 7 heterocycles. The Morgan fingerprint density at radius 3 is 1.24 bits per heavy atom. The molecule has 126 valence electrons. The van der Waals surface area contributed by atoms with E-state index in [0.29, 0.717) is 39.6 Å². The standard InChI is InChI=1S/C14H20B2O6S.2K/c1-13-5-17-15(18-6-13,19-7-13)11-3-4-12(23-11)16-20-8-14(2,9-21-16)10-22-16;;/h3-4H,5-10H2,1-2H3;;/q-2;2*+1. The van der Waals surface area contributed by atoms with Crippen molar-refractivity contribution in [3.63, 3.8) is 0 Å². The Morgan fingerprint density at radius 1 is 0.680 bits per heavy atom. The van der Waals surface area contributed by atoms with Crippen LogP contribution in [0.5, 0.6) is 0 Å². The maximum Gasteiger partial charge on any atom is 1.00 e. The molecule has 0 amide bonds. The van der Waals surface area contributed by atoms with Crippen LogP contribution in [0.3, 0.4) is 0 Å². The van der Waals surface area contributed by atoms with E-state index >= 15 is 0 Å². The Morgan fingerprint density at radius 2 is 0.960 bits per heavy atom. The summed E-state index contributed by atoms with van der Waals surface area (Å²) in [6.07, 6.45) is 0. The van der Waals surface area contributed by atoms with Crippen LogP contribution in [0.15, 0.2) is 12.1 Å². The van der Waals surface area contributed by atoms with E-state index in [4.69, 9.17) is 27.9 Å². The predicted octanol–water partition coefficient (Wildman–Crippen LogP) is -5.79. The fourth-order valence-corrected chi connectivity index (χ4v) is 4.89. The second kappa shape index (κ2) is 7.84. The van der Waals surface area contributed by atoms with E-state index in [1.54, 1.807) is 11.3 Å². The third-order valence-corrected chi connectivity index (χ3v) is 6.57. The molecule has 6 saturated heterocycles. The molecule has 0 atom stereocenters. The van der Waals surface area contributed by atoms with E-state index in [-0.39, 0.29) is 114 Å². The van der Waals surface area contributed by atoms with Crippen LogP contribution >= 0.6 is 11.3 Å². The SMILES string of the molecule is CC12CO[B-](c3ccc([B-]45OCC(C)(CO4)CO5)s3)(OC1)OC2.[K+].[K+]. The van der Waals surface area contributed by atoms with Gasteiger partial charge in [0.2, 0.25) is 0 Å². The fourth-order valence-electron chi connectivity index (χ4n) is 3.65. The van der Waals surface area contributed by atoms with Crippen molar-refractivity contribution in [1.82, 2.24) is 0 Å². The Labute approximate surface area is 237 Å². The first kappa shape index (κ1) is 22.5. The summed E-state index contributed by atoms with van der Waals surface area (Å²) < 4.78 is 37.6. The van der Waals surface area contributed by atoms with Crippen molar-refractivity contribution in [2.24, 2.45) is 10.8 Å². The van der Waals surface area contributed by atoms with Crippen molar-refractivity contribution in [2.45, 2.75) is 13.8 Å². The van der Waals surface area contributed by atoms with Gasteiger partial charge in [-0.15, -0.1) is 0 Å². The van der Waals surface area contributed by atoms with E-state index in [9.17, 15) is 0 Å². The topological polar surface area (TPSA) is 55.4 Å². The summed E-state index contributed by atoms with van der Waals surface area (Å²) >= 11 is 1.55. The monoisotopic (exact) mass is 416 g/mol. The van der Waals surface area contributed by atoms with Crippen LogP contribution in [0.4, 0.5) is 0 Å². The summed E-state index contributed by atoms with van der Waals surface area (Å²) in [6, 6.07) is 3.98. The molecule has 11 heteroatoms. The van der Waals surface area contributed by atoms with Crippen LogP contribution < -0.4 is 112 Å². The zero-order chi connectivity index (χ0) is 15.8. The molecule has 4 bridgehead atoms. The Hall–Kier alpha value is 2.86. The van der Waals surface area contributed by atoms with Gasteiger partial charge in [-0.05, 0) is 0 Å². The molecule has 6 aliphatic heterocycles. The molecular weight excluding hydrogens is 396 g/mol. The third kappa shape index (κ3) is 3.83. The van der Waals surface area contributed by atoms with Crippen LogP contribution in [0, 0.1) is 10.8 Å². The molecule has 0 N–H and O–H groups in total. The minimum atomic E-state index is -1.83. The normalized spacial score (nSPS) is 44.9. The van der Waals surface area contributed by atoms with E-state index in [0.717, 1.165) is 9.55 Å². The summed E-state index contributed by atoms with van der Waals surface area (Å²) in [5.74, 6) is 0. The van der Waals surface area contributed by atoms with Crippen molar-refractivity contribution in [1.29, 1.82) is 0 Å². The number of hydrogen-bond donors (Lipinski definition) is 0. The minimum absolute atomic E-state index is 0. The van der Waals surface area contributed by atoms with Crippen LogP contribution in [0.1, 0.15) is 13.8 Å². The van der Waals surface area contributed by atoms with Crippen molar-refractivity contribution in [2.75, 3.05) is 39.6 Å². The van der Waals surface area contributed by atoms with Gasteiger partial charge >= 0.3 is 116 Å². The van der Waals surface area contributed by atoms with E-state index in [1.807, 2.05) is 12.1 Å². The molecule has 25 heavy (non-hydrogen) atoms. The zero-order valence-electron chi connectivity index (χ0n) is 15.4. The molecule has 6 fully saturated rings. The first-order chi connectivity index (χ1) is 11.0. The number of hydrogen-bond acceptors (Lipinski definition) is 7. The summed E-state index contributed by atoms with van der Waals surface area (Å²) in [7, 11) is 0. The van der Waals surface area contributed by atoms with Crippen molar-refractivity contribution in [3.05, 3.63) is 12.1 Å². The van der Waals surface area contributed by atoms with Gasteiger partial charge in [0.1, 0.15) is 0 Å². The van der Waals surface area contributed by atoms with Gasteiger partial charge in [0.15, 0.2) is 0 Å². The van der Waals surface area contributed by atoms with Gasteiger partial charge in [-0.1, -0.05) is 35.5 Å². The average molecular weight is 416 g/mol.